The molecule has 4 N–H and O–H groups in total. The van der Waals surface area contributed by atoms with Gasteiger partial charge in [-0.25, -0.2) is 14.2 Å². The molecule has 4 aromatic rings. The molecule has 1 aliphatic rings. The van der Waals surface area contributed by atoms with E-state index in [0.717, 1.165) is 22.2 Å². The Kier molecular flexibility index (Phi) is 18.5. The second-order valence-corrected chi connectivity index (χ2v) is 19.6. The first-order valence-corrected chi connectivity index (χ1v) is 23.4. The molecule has 5 rings (SSSR count). The van der Waals surface area contributed by atoms with Gasteiger partial charge in [0.25, 0.3) is 0 Å². The predicted octanol–water partition coefficient (Wildman–Crippen LogP) is 7.75. The number of carbonyl (C=O) groups is 5. The number of alkyl halides is 3. The smallest absolute Gasteiger partial charge is 0.410 e. The first-order valence-electron chi connectivity index (χ1n) is 22.6. The SMILES string of the molecule is C[C@H](NCc1c(F)cc(Cl)cc1Oc1ccc(-c2cnc(CN(C)C(=O)OC(C)(C)C)n2C)cc1)C(=O)N[C@@H](CO)C(=O)N(C)[C@@]1(Cc2ccc(Cl)cc2)CCCN(C(=O)C(CC(=O)O)CC(F)(F)F)C1. The van der Waals surface area contributed by atoms with Gasteiger partial charge >= 0.3 is 18.2 Å². The van der Waals surface area contributed by atoms with Gasteiger partial charge in [-0.05, 0) is 101 Å². The van der Waals surface area contributed by atoms with Crippen molar-refractivity contribution in [3.05, 3.63) is 99.7 Å². The minimum absolute atomic E-state index is 0.000130. The van der Waals surface area contributed by atoms with Crippen molar-refractivity contribution < 1.29 is 61.2 Å². The van der Waals surface area contributed by atoms with E-state index in [4.69, 9.17) is 32.7 Å². The summed E-state index contributed by atoms with van der Waals surface area (Å²) in [5, 5.41) is 25.8. The number of piperidine rings is 1. The molecular weight excluding hydrogens is 977 g/mol. The van der Waals surface area contributed by atoms with Gasteiger partial charge in [0.15, 0.2) is 0 Å². The Balaban J connectivity index is 1.27. The van der Waals surface area contributed by atoms with Gasteiger partial charge in [-0.3, -0.25) is 19.2 Å². The zero-order valence-corrected chi connectivity index (χ0v) is 41.9. The van der Waals surface area contributed by atoms with Gasteiger partial charge in [0, 0.05) is 61.9 Å². The number of amides is 4. The highest BCUT2D eigenvalue weighted by molar-refractivity contribution is 6.31. The number of aliphatic hydroxyl groups is 1. The zero-order chi connectivity index (χ0) is 52.6. The Bertz CT molecular complexity index is 2540. The largest absolute Gasteiger partial charge is 0.481 e. The number of likely N-dealkylation sites (N-methyl/N-ethyl adjacent to an activating group) is 1. The summed E-state index contributed by atoms with van der Waals surface area (Å²) in [4.78, 5) is 74.0. The number of carboxylic acid groups (broad SMARTS) is 1. The van der Waals surface area contributed by atoms with Gasteiger partial charge in [-0.1, -0.05) is 35.3 Å². The number of carbonyl (C=O) groups excluding carboxylic acids is 4. The summed E-state index contributed by atoms with van der Waals surface area (Å²) in [5.41, 5.74) is 0.224. The molecule has 0 radical (unpaired) electrons. The van der Waals surface area contributed by atoms with Crippen LogP contribution in [0.15, 0.2) is 66.9 Å². The second-order valence-electron chi connectivity index (χ2n) is 18.7. The number of carboxylic acids is 1. The van der Waals surface area contributed by atoms with Crippen molar-refractivity contribution in [3.63, 3.8) is 0 Å². The minimum atomic E-state index is -4.83. The van der Waals surface area contributed by atoms with Crippen LogP contribution in [0.4, 0.5) is 22.4 Å². The Labute approximate surface area is 419 Å². The average Bonchev–Trinajstić information content (AvgIpc) is 3.65. The number of likely N-dealkylation sites (tertiary alicyclic amines) is 1. The standard InChI is InChI=1S/C49H59Cl2F4N7O9/c1-29(56-24-36-37(52)20-34(51)21-40(36)70-35-15-11-31(12-16-35)39-25-57-41(60(39)6)26-59(5)46(69)71-47(2,3)4)43(66)58-38(27-63)45(68)61(7)48(22-30-9-13-33(50)14-10-30)17-8-18-62(28-48)44(67)32(19-42(64)65)23-49(53,54)55/h9-16,20-21,25,29,32,38,56,63H,8,17-19,22-24,26-28H2,1-7H3,(H,58,66)(H,64,65)/t29-,32?,38-,48+/m0/s1. The van der Waals surface area contributed by atoms with Crippen LogP contribution in [0.3, 0.4) is 0 Å². The van der Waals surface area contributed by atoms with E-state index in [1.165, 1.54) is 29.8 Å². The number of hydrogen-bond donors (Lipinski definition) is 4. The maximum atomic E-state index is 15.6. The molecule has 22 heteroatoms. The van der Waals surface area contributed by atoms with Crippen molar-refractivity contribution in [2.24, 2.45) is 13.0 Å². The van der Waals surface area contributed by atoms with Gasteiger partial charge in [0.2, 0.25) is 17.7 Å². The van der Waals surface area contributed by atoms with E-state index < -0.39 is 90.4 Å². The molecule has 4 amide bonds. The summed E-state index contributed by atoms with van der Waals surface area (Å²) in [6.07, 6.45) is -5.81. The zero-order valence-electron chi connectivity index (χ0n) is 40.4. The number of hydrogen-bond acceptors (Lipinski definition) is 10. The van der Waals surface area contributed by atoms with Crippen LogP contribution in [0.5, 0.6) is 11.5 Å². The third-order valence-electron chi connectivity index (χ3n) is 12.0. The molecule has 2 heterocycles. The van der Waals surface area contributed by atoms with Crippen LogP contribution in [-0.4, -0.2) is 127 Å². The maximum absolute atomic E-state index is 15.6. The van der Waals surface area contributed by atoms with Crippen molar-refractivity contribution in [2.45, 2.75) is 102 Å². The van der Waals surface area contributed by atoms with E-state index >= 15 is 4.39 Å². The molecule has 71 heavy (non-hydrogen) atoms. The molecule has 1 aromatic heterocycles. The van der Waals surface area contributed by atoms with E-state index in [2.05, 4.69) is 15.6 Å². The third-order valence-corrected chi connectivity index (χ3v) is 12.5. The monoisotopic (exact) mass is 1040 g/mol. The molecular formula is C49H59Cl2F4N7O9. The van der Waals surface area contributed by atoms with Crippen LogP contribution in [-0.2, 0) is 50.5 Å². The number of aliphatic hydroxyl groups excluding tert-OH is 1. The van der Waals surface area contributed by atoms with Gasteiger partial charge in [0.1, 0.15) is 34.8 Å². The summed E-state index contributed by atoms with van der Waals surface area (Å²) >= 11 is 12.4. The lowest BCUT2D eigenvalue weighted by Gasteiger charge is -2.49. The van der Waals surface area contributed by atoms with Crippen molar-refractivity contribution in [2.75, 3.05) is 33.8 Å². The third kappa shape index (κ3) is 15.3. The van der Waals surface area contributed by atoms with Crippen molar-refractivity contribution >= 4 is 53.0 Å². The summed E-state index contributed by atoms with van der Waals surface area (Å²) in [7, 11) is 4.83. The van der Waals surface area contributed by atoms with Crippen molar-refractivity contribution in [1.82, 2.24) is 34.9 Å². The van der Waals surface area contributed by atoms with Gasteiger partial charge in [-0.15, -0.1) is 0 Å². The van der Waals surface area contributed by atoms with Crippen molar-refractivity contribution in [1.29, 1.82) is 0 Å². The predicted molar refractivity (Wildman–Crippen MR) is 256 cm³/mol. The van der Waals surface area contributed by atoms with Crippen LogP contribution >= 0.6 is 23.2 Å². The maximum Gasteiger partial charge on any atom is 0.410 e. The Morgan fingerprint density at radius 1 is 0.986 bits per heavy atom. The van der Waals surface area contributed by atoms with E-state index in [1.54, 1.807) is 82.5 Å². The normalized spacial score (nSPS) is 16.4. The lowest BCUT2D eigenvalue weighted by atomic mass is 9.80. The Morgan fingerprint density at radius 3 is 2.25 bits per heavy atom. The van der Waals surface area contributed by atoms with E-state index in [-0.39, 0.29) is 61.8 Å². The molecule has 0 bridgehead atoms. The van der Waals surface area contributed by atoms with Crippen molar-refractivity contribution in [3.8, 4) is 22.8 Å². The minimum Gasteiger partial charge on any atom is -0.481 e. The molecule has 0 spiro atoms. The van der Waals surface area contributed by atoms with Crippen LogP contribution < -0.4 is 15.4 Å². The lowest BCUT2D eigenvalue weighted by Crippen LogP contribution is -2.65. The summed E-state index contributed by atoms with van der Waals surface area (Å²) in [5.74, 6) is -5.83. The highest BCUT2D eigenvalue weighted by Gasteiger charge is 2.46. The number of nitrogens with one attached hydrogen (secondary N) is 2. The van der Waals surface area contributed by atoms with Crippen LogP contribution in [0.25, 0.3) is 11.3 Å². The molecule has 386 valence electrons. The summed E-state index contributed by atoms with van der Waals surface area (Å²) < 4.78 is 69.6. The molecule has 1 unspecified atom stereocenters. The number of aliphatic carboxylic acids is 1. The fraction of sp³-hybridized carbons (Fsp3) is 0.469. The molecule has 4 atom stereocenters. The number of aromatic nitrogens is 2. The molecule has 16 nitrogen and oxygen atoms in total. The van der Waals surface area contributed by atoms with Gasteiger partial charge in [0.05, 0.1) is 55.4 Å². The van der Waals surface area contributed by atoms with Crippen LogP contribution in [0.2, 0.25) is 10.0 Å². The molecule has 1 fully saturated rings. The van der Waals surface area contributed by atoms with Gasteiger partial charge < -0.3 is 49.6 Å². The van der Waals surface area contributed by atoms with Gasteiger partial charge in [-0.2, -0.15) is 13.2 Å². The van der Waals surface area contributed by atoms with Crippen LogP contribution in [0.1, 0.15) is 70.3 Å². The Hall–Kier alpha value is -5.96. The first-order chi connectivity index (χ1) is 33.2. The number of rotatable bonds is 19. The molecule has 0 aliphatic carbocycles. The average molecular weight is 1040 g/mol. The Morgan fingerprint density at radius 2 is 1.65 bits per heavy atom. The highest BCUT2D eigenvalue weighted by Crippen LogP contribution is 2.36. The molecule has 1 saturated heterocycles. The quantitative estimate of drug-likeness (QED) is 0.0671. The number of nitrogens with zero attached hydrogens (tertiary/aromatic N) is 5. The van der Waals surface area contributed by atoms with Crippen LogP contribution in [0, 0.1) is 11.7 Å². The lowest BCUT2D eigenvalue weighted by molar-refractivity contribution is -0.166. The highest BCUT2D eigenvalue weighted by atomic mass is 35.5. The summed E-state index contributed by atoms with van der Waals surface area (Å²) in [6, 6.07) is 13.3. The van der Waals surface area contributed by atoms with E-state index in [0.29, 0.717) is 22.2 Å². The number of halogens is 6. The molecule has 0 saturated carbocycles. The fourth-order valence-electron chi connectivity index (χ4n) is 8.25. The van der Waals surface area contributed by atoms with E-state index in [9.17, 15) is 47.4 Å². The number of imidazole rings is 1. The van der Waals surface area contributed by atoms with E-state index in [1.807, 2.05) is 11.6 Å². The fourth-order valence-corrected chi connectivity index (χ4v) is 8.58. The molecule has 1 aliphatic heterocycles. The first kappa shape index (κ1) is 56.0. The number of ether oxygens (including phenoxy) is 2. The second kappa shape index (κ2) is 23.5. The summed E-state index contributed by atoms with van der Waals surface area (Å²) in [6.45, 7) is 5.57. The molecule has 3 aromatic carbocycles. The number of benzene rings is 3. The topological polar surface area (TPSA) is 196 Å².